The fourth-order valence-corrected chi connectivity index (χ4v) is 3.80. The van der Waals surface area contributed by atoms with Gasteiger partial charge in [-0.25, -0.2) is 0 Å². The number of carbonyl (C=O) groups is 2. The maximum Gasteiger partial charge on any atom is 0.295 e. The summed E-state index contributed by atoms with van der Waals surface area (Å²) in [6, 6.07) is 9.51. The quantitative estimate of drug-likeness (QED) is 0.371. The van der Waals surface area contributed by atoms with Gasteiger partial charge in [0.15, 0.2) is 11.5 Å². The average Bonchev–Trinajstić information content (AvgIpc) is 2.98. The van der Waals surface area contributed by atoms with E-state index in [1.54, 1.807) is 18.2 Å². The van der Waals surface area contributed by atoms with E-state index in [2.05, 4.69) is 0 Å². The number of methoxy groups -OCH3 is 1. The Hall–Kier alpha value is -3.32. The molecule has 2 aromatic carbocycles. The number of amides is 1. The third-order valence-electron chi connectivity index (χ3n) is 5.56. The molecule has 1 atom stereocenters. The van der Waals surface area contributed by atoms with Crippen molar-refractivity contribution in [2.75, 3.05) is 34.3 Å². The van der Waals surface area contributed by atoms with Crippen LogP contribution in [0.4, 0.5) is 0 Å². The number of phenolic OH excluding ortho intramolecular Hbond substituents is 1. The van der Waals surface area contributed by atoms with E-state index in [9.17, 15) is 19.8 Å². The van der Waals surface area contributed by atoms with Crippen molar-refractivity contribution in [2.45, 2.75) is 19.9 Å². The van der Waals surface area contributed by atoms with Crippen LogP contribution in [0.5, 0.6) is 11.5 Å². The number of hydrogen-bond donors (Lipinski definition) is 3. The molecule has 3 rings (SSSR count). The van der Waals surface area contributed by atoms with Crippen molar-refractivity contribution in [3.63, 3.8) is 0 Å². The van der Waals surface area contributed by atoms with Crippen LogP contribution in [0.1, 0.15) is 28.3 Å². The molecule has 3 N–H and O–H groups in total. The Bertz CT molecular complexity index is 1060. The number of aliphatic hydroxyl groups excluding tert-OH is 1. The molecule has 1 amide bonds. The third-order valence-corrected chi connectivity index (χ3v) is 5.56. The van der Waals surface area contributed by atoms with E-state index in [0.717, 1.165) is 16.0 Å². The lowest BCUT2D eigenvalue weighted by atomic mass is 9.93. The summed E-state index contributed by atoms with van der Waals surface area (Å²) in [5.74, 6) is -1.38. The maximum absolute atomic E-state index is 13.1. The Morgan fingerprint density at radius 3 is 2.48 bits per heavy atom. The second-order valence-electron chi connectivity index (χ2n) is 8.20. The molecule has 1 fully saturated rings. The van der Waals surface area contributed by atoms with Gasteiger partial charge >= 0.3 is 0 Å². The summed E-state index contributed by atoms with van der Waals surface area (Å²) in [6.45, 7) is 4.71. The van der Waals surface area contributed by atoms with Crippen molar-refractivity contribution in [3.8, 4) is 11.5 Å². The second-order valence-corrected chi connectivity index (χ2v) is 8.20. The number of likely N-dealkylation sites (tertiary alicyclic amines) is 1. The number of nitrogens with one attached hydrogen (secondary N) is 1. The molecule has 0 unspecified atom stereocenters. The second kappa shape index (κ2) is 8.81. The number of hydrogen-bond acceptors (Lipinski definition) is 5. The number of likely N-dealkylation sites (N-methyl/N-ethyl adjacent to an activating group) is 1. The summed E-state index contributed by atoms with van der Waals surface area (Å²) >= 11 is 0. The van der Waals surface area contributed by atoms with Crippen LogP contribution in [0.3, 0.4) is 0 Å². The van der Waals surface area contributed by atoms with E-state index in [1.165, 1.54) is 18.1 Å². The van der Waals surface area contributed by atoms with Gasteiger partial charge in [-0.2, -0.15) is 0 Å². The summed E-state index contributed by atoms with van der Waals surface area (Å²) < 4.78 is 5.23. The van der Waals surface area contributed by atoms with Gasteiger partial charge in [-0.1, -0.05) is 23.8 Å². The Morgan fingerprint density at radius 1 is 1.13 bits per heavy atom. The van der Waals surface area contributed by atoms with Crippen LogP contribution < -0.4 is 9.64 Å². The van der Waals surface area contributed by atoms with Crippen LogP contribution in [-0.2, 0) is 9.59 Å². The van der Waals surface area contributed by atoms with E-state index >= 15 is 0 Å². The van der Waals surface area contributed by atoms with Crippen molar-refractivity contribution in [1.82, 2.24) is 4.90 Å². The lowest BCUT2D eigenvalue weighted by Gasteiger charge is -2.26. The lowest BCUT2D eigenvalue weighted by molar-refractivity contribution is -0.857. The first-order valence-electron chi connectivity index (χ1n) is 10.2. The average molecular weight is 426 g/mol. The molecule has 0 bridgehead atoms. The highest BCUT2D eigenvalue weighted by Crippen LogP contribution is 2.41. The van der Waals surface area contributed by atoms with E-state index in [-0.39, 0.29) is 22.8 Å². The number of aliphatic hydroxyl groups is 1. The monoisotopic (exact) mass is 425 g/mol. The smallest absolute Gasteiger partial charge is 0.295 e. The summed E-state index contributed by atoms with van der Waals surface area (Å²) in [4.78, 5) is 28.6. The van der Waals surface area contributed by atoms with Gasteiger partial charge in [0.05, 0.1) is 45.9 Å². The van der Waals surface area contributed by atoms with Gasteiger partial charge in [0.1, 0.15) is 5.76 Å². The number of rotatable bonds is 6. The SMILES string of the molecule is COc1cc([C@H]2/C(=C(\O)c3cc(C)ccc3C)C(=O)C(=O)N2CC[NH+](C)C)ccc1O. The fourth-order valence-electron chi connectivity index (χ4n) is 3.80. The summed E-state index contributed by atoms with van der Waals surface area (Å²) in [6.07, 6.45) is 0. The normalized spacial score (nSPS) is 18.1. The summed E-state index contributed by atoms with van der Waals surface area (Å²) in [7, 11) is 5.36. The molecule has 2 aromatic rings. The van der Waals surface area contributed by atoms with Crippen molar-refractivity contribution in [3.05, 3.63) is 64.2 Å². The molecule has 0 aliphatic carbocycles. The van der Waals surface area contributed by atoms with Crippen LogP contribution in [0, 0.1) is 13.8 Å². The number of ether oxygens (including phenoxy) is 1. The molecular weight excluding hydrogens is 396 g/mol. The molecule has 0 aromatic heterocycles. The van der Waals surface area contributed by atoms with Crippen LogP contribution in [-0.4, -0.2) is 61.1 Å². The highest BCUT2D eigenvalue weighted by Gasteiger charge is 2.46. The van der Waals surface area contributed by atoms with Crippen molar-refractivity contribution < 1.29 is 29.4 Å². The Morgan fingerprint density at radius 2 is 1.84 bits per heavy atom. The molecule has 0 saturated carbocycles. The zero-order valence-corrected chi connectivity index (χ0v) is 18.5. The molecule has 7 nitrogen and oxygen atoms in total. The van der Waals surface area contributed by atoms with Crippen molar-refractivity contribution >= 4 is 17.4 Å². The lowest BCUT2D eigenvalue weighted by Crippen LogP contribution is -3.06. The van der Waals surface area contributed by atoms with Crippen LogP contribution in [0.2, 0.25) is 0 Å². The van der Waals surface area contributed by atoms with Gasteiger partial charge in [0.25, 0.3) is 11.7 Å². The van der Waals surface area contributed by atoms with E-state index in [4.69, 9.17) is 4.74 Å². The predicted octanol–water partition coefficient (Wildman–Crippen LogP) is 1.58. The number of Topliss-reactive ketones (excluding diaryl/α,β-unsaturated/α-hetero) is 1. The van der Waals surface area contributed by atoms with Gasteiger partial charge in [-0.05, 0) is 43.2 Å². The van der Waals surface area contributed by atoms with Crippen LogP contribution in [0.15, 0.2) is 42.0 Å². The maximum atomic E-state index is 13.1. The topological polar surface area (TPSA) is 91.5 Å². The number of aryl methyl sites for hydroxylation is 2. The number of ketones is 1. The molecule has 7 heteroatoms. The number of nitrogens with zero attached hydrogens (tertiary/aromatic N) is 1. The van der Waals surface area contributed by atoms with Gasteiger partial charge in [0, 0.05) is 5.56 Å². The molecule has 31 heavy (non-hydrogen) atoms. The number of phenols is 1. The van der Waals surface area contributed by atoms with Gasteiger partial charge in [-0.15, -0.1) is 0 Å². The Labute approximate surface area is 182 Å². The van der Waals surface area contributed by atoms with Crippen LogP contribution in [0.25, 0.3) is 5.76 Å². The summed E-state index contributed by atoms with van der Waals surface area (Å²) in [5.41, 5.74) is 2.87. The Balaban J connectivity index is 2.23. The van der Waals surface area contributed by atoms with Gasteiger partial charge in [-0.3, -0.25) is 9.59 Å². The zero-order chi connectivity index (χ0) is 22.9. The van der Waals surface area contributed by atoms with Crippen LogP contribution >= 0.6 is 0 Å². The van der Waals surface area contributed by atoms with E-state index in [1.807, 2.05) is 40.1 Å². The molecule has 1 saturated heterocycles. The molecule has 1 aliphatic rings. The fraction of sp³-hybridized carbons (Fsp3) is 0.333. The molecule has 1 heterocycles. The minimum Gasteiger partial charge on any atom is -0.507 e. The number of aromatic hydroxyl groups is 1. The molecule has 0 radical (unpaired) electrons. The van der Waals surface area contributed by atoms with E-state index in [0.29, 0.717) is 24.2 Å². The molecule has 0 spiro atoms. The van der Waals surface area contributed by atoms with Gasteiger partial charge in [0.2, 0.25) is 0 Å². The van der Waals surface area contributed by atoms with Gasteiger partial charge < -0.3 is 24.7 Å². The van der Waals surface area contributed by atoms with Crippen molar-refractivity contribution in [1.29, 1.82) is 0 Å². The highest BCUT2D eigenvalue weighted by molar-refractivity contribution is 6.46. The standard InChI is InChI=1S/C24H28N2O5/c1-14-6-7-15(2)17(12-14)22(28)20-21(16-8-9-18(27)19(13-16)31-5)26(11-10-25(3)4)24(30)23(20)29/h6-9,12-13,21,27-28H,10-11H2,1-5H3/p+1/b22-20+/t21-/m0/s1. The largest absolute Gasteiger partial charge is 0.507 e. The number of carbonyl (C=O) groups excluding carboxylic acids is 2. The predicted molar refractivity (Wildman–Crippen MR) is 117 cm³/mol. The first kappa shape index (κ1) is 22.4. The van der Waals surface area contributed by atoms with Crippen molar-refractivity contribution in [2.24, 2.45) is 0 Å². The Kier molecular flexibility index (Phi) is 6.36. The highest BCUT2D eigenvalue weighted by atomic mass is 16.5. The number of quaternary nitrogens is 1. The molecular formula is C24H29N2O5+. The zero-order valence-electron chi connectivity index (χ0n) is 18.5. The first-order valence-corrected chi connectivity index (χ1v) is 10.2. The number of benzene rings is 2. The summed E-state index contributed by atoms with van der Waals surface area (Å²) in [5, 5.41) is 21.2. The first-order chi connectivity index (χ1) is 14.6. The minimum absolute atomic E-state index is 0.0419. The molecule has 1 aliphatic heterocycles. The van der Waals surface area contributed by atoms with E-state index < -0.39 is 17.7 Å². The molecule has 164 valence electrons. The third kappa shape index (κ3) is 4.27. The minimum atomic E-state index is -0.784.